The number of anilines is 1. The number of nitrogens with zero attached hydrogens (tertiary/aromatic N) is 2. The molecule has 1 fully saturated rings. The van der Waals surface area contributed by atoms with Gasteiger partial charge in [0, 0.05) is 26.2 Å². The molecule has 1 heterocycles. The molecule has 1 aromatic rings. The fourth-order valence-electron chi connectivity index (χ4n) is 2.40. The summed E-state index contributed by atoms with van der Waals surface area (Å²) in [6, 6.07) is 6.86. The number of para-hydroxylation sites is 2. The summed E-state index contributed by atoms with van der Waals surface area (Å²) in [5.74, 6) is 0.460. The van der Waals surface area contributed by atoms with Crippen molar-refractivity contribution >= 4 is 11.6 Å². The van der Waals surface area contributed by atoms with Gasteiger partial charge in [-0.05, 0) is 18.1 Å². The van der Waals surface area contributed by atoms with Gasteiger partial charge in [-0.2, -0.15) is 0 Å². The minimum Gasteiger partial charge on any atom is -0.506 e. The van der Waals surface area contributed by atoms with Crippen LogP contribution in [0, 0.1) is 5.92 Å². The average Bonchev–Trinajstić information content (AvgIpc) is 2.46. The van der Waals surface area contributed by atoms with Crippen molar-refractivity contribution < 1.29 is 9.90 Å². The highest BCUT2D eigenvalue weighted by molar-refractivity contribution is 5.82. The Bertz CT molecular complexity index is 468. The lowest BCUT2D eigenvalue weighted by Crippen LogP contribution is -2.54. The maximum absolute atomic E-state index is 12.2. The van der Waals surface area contributed by atoms with Crippen LogP contribution in [0.4, 0.5) is 5.69 Å². The van der Waals surface area contributed by atoms with Crippen LogP contribution in [0.25, 0.3) is 0 Å². The van der Waals surface area contributed by atoms with Gasteiger partial charge >= 0.3 is 0 Å². The highest BCUT2D eigenvalue weighted by atomic mass is 16.3. The summed E-state index contributed by atoms with van der Waals surface area (Å²) < 4.78 is 0. The van der Waals surface area contributed by atoms with Crippen molar-refractivity contribution in [1.82, 2.24) is 4.90 Å². The number of benzene rings is 1. The van der Waals surface area contributed by atoms with Crippen molar-refractivity contribution in [2.24, 2.45) is 11.7 Å². The van der Waals surface area contributed by atoms with Crippen molar-refractivity contribution in [2.75, 3.05) is 31.1 Å². The lowest BCUT2D eigenvalue weighted by molar-refractivity contribution is -0.133. The van der Waals surface area contributed by atoms with Crippen molar-refractivity contribution in [3.05, 3.63) is 24.3 Å². The second kappa shape index (κ2) is 6.13. The van der Waals surface area contributed by atoms with Gasteiger partial charge in [-0.15, -0.1) is 0 Å². The molecule has 1 atom stereocenters. The minimum absolute atomic E-state index is 0.0249. The van der Waals surface area contributed by atoms with E-state index in [1.54, 1.807) is 12.1 Å². The number of aromatic hydroxyl groups is 1. The first-order valence-corrected chi connectivity index (χ1v) is 7.08. The molecule has 0 saturated carbocycles. The van der Waals surface area contributed by atoms with E-state index in [1.165, 1.54) is 0 Å². The summed E-state index contributed by atoms with van der Waals surface area (Å²) in [6.45, 7) is 6.64. The Kier molecular flexibility index (Phi) is 4.49. The van der Waals surface area contributed by atoms with Crippen molar-refractivity contribution in [3.63, 3.8) is 0 Å². The highest BCUT2D eigenvalue weighted by Crippen LogP contribution is 2.27. The van der Waals surface area contributed by atoms with Gasteiger partial charge in [0.2, 0.25) is 5.91 Å². The molecule has 2 rings (SSSR count). The third-order valence-electron chi connectivity index (χ3n) is 3.82. The number of phenolic OH excluding ortho intramolecular Hbond substituents is 1. The van der Waals surface area contributed by atoms with Crippen LogP contribution in [0.5, 0.6) is 5.75 Å². The predicted octanol–water partition coefficient (Wildman–Crippen LogP) is 1.02. The normalized spacial score (nSPS) is 17.4. The van der Waals surface area contributed by atoms with Crippen LogP contribution in [0.2, 0.25) is 0 Å². The third-order valence-corrected chi connectivity index (χ3v) is 3.82. The largest absolute Gasteiger partial charge is 0.506 e. The van der Waals surface area contributed by atoms with Gasteiger partial charge in [-0.1, -0.05) is 26.0 Å². The Balaban J connectivity index is 1.96. The summed E-state index contributed by atoms with van der Waals surface area (Å²) in [5.41, 5.74) is 6.74. The van der Waals surface area contributed by atoms with Crippen LogP contribution in [0.1, 0.15) is 13.8 Å². The summed E-state index contributed by atoms with van der Waals surface area (Å²) in [6.07, 6.45) is 0. The zero-order chi connectivity index (χ0) is 14.7. The number of hydrogen-bond donors (Lipinski definition) is 2. The second-order valence-corrected chi connectivity index (χ2v) is 5.57. The highest BCUT2D eigenvalue weighted by Gasteiger charge is 2.27. The molecule has 0 radical (unpaired) electrons. The Hall–Kier alpha value is -1.75. The lowest BCUT2D eigenvalue weighted by Gasteiger charge is -2.37. The molecule has 1 aliphatic heterocycles. The van der Waals surface area contributed by atoms with Crippen LogP contribution < -0.4 is 10.6 Å². The van der Waals surface area contributed by atoms with E-state index >= 15 is 0 Å². The van der Waals surface area contributed by atoms with Crippen molar-refractivity contribution in [2.45, 2.75) is 19.9 Å². The maximum Gasteiger partial charge on any atom is 0.239 e. The summed E-state index contributed by atoms with van der Waals surface area (Å²) >= 11 is 0. The van der Waals surface area contributed by atoms with E-state index in [4.69, 9.17) is 5.73 Å². The third kappa shape index (κ3) is 3.04. The number of piperazine rings is 1. The van der Waals surface area contributed by atoms with Gasteiger partial charge in [0.1, 0.15) is 5.75 Å². The number of carbonyl (C=O) groups excluding carboxylic acids is 1. The van der Waals surface area contributed by atoms with Crippen molar-refractivity contribution in [3.8, 4) is 5.75 Å². The fourth-order valence-corrected chi connectivity index (χ4v) is 2.40. The number of carbonyl (C=O) groups is 1. The Labute approximate surface area is 120 Å². The molecule has 0 aromatic heterocycles. The van der Waals surface area contributed by atoms with Gasteiger partial charge in [0.05, 0.1) is 11.7 Å². The van der Waals surface area contributed by atoms with Gasteiger partial charge < -0.3 is 20.6 Å². The number of phenols is 1. The molecule has 3 N–H and O–H groups in total. The zero-order valence-corrected chi connectivity index (χ0v) is 12.1. The first kappa shape index (κ1) is 14.7. The smallest absolute Gasteiger partial charge is 0.239 e. The summed E-state index contributed by atoms with van der Waals surface area (Å²) in [4.78, 5) is 16.1. The maximum atomic E-state index is 12.2. The van der Waals surface area contributed by atoms with Crippen LogP contribution in [-0.2, 0) is 4.79 Å². The molecule has 0 aliphatic carbocycles. The van der Waals surface area contributed by atoms with E-state index in [9.17, 15) is 9.90 Å². The molecular formula is C15H23N3O2. The topological polar surface area (TPSA) is 69.8 Å². The van der Waals surface area contributed by atoms with Crippen LogP contribution >= 0.6 is 0 Å². The SMILES string of the molecule is CC(C)[C@H](N)C(=O)N1CCN(c2ccccc2O)CC1. The number of amides is 1. The van der Waals surface area contributed by atoms with E-state index in [0.29, 0.717) is 26.2 Å². The molecule has 20 heavy (non-hydrogen) atoms. The predicted molar refractivity (Wildman–Crippen MR) is 79.7 cm³/mol. The van der Waals surface area contributed by atoms with Crippen molar-refractivity contribution in [1.29, 1.82) is 0 Å². The van der Waals surface area contributed by atoms with Crippen LogP contribution in [0.15, 0.2) is 24.3 Å². The average molecular weight is 277 g/mol. The first-order chi connectivity index (χ1) is 9.50. The Morgan fingerprint density at radius 1 is 1.20 bits per heavy atom. The molecule has 5 nitrogen and oxygen atoms in total. The van der Waals surface area contributed by atoms with Gasteiger partial charge in [-0.3, -0.25) is 4.79 Å². The lowest BCUT2D eigenvalue weighted by atomic mass is 10.0. The molecule has 1 aliphatic rings. The van der Waals surface area contributed by atoms with E-state index in [-0.39, 0.29) is 17.6 Å². The molecule has 0 bridgehead atoms. The van der Waals surface area contributed by atoms with E-state index in [0.717, 1.165) is 5.69 Å². The number of rotatable bonds is 3. The van der Waals surface area contributed by atoms with Crippen LogP contribution in [0.3, 0.4) is 0 Å². The summed E-state index contributed by atoms with van der Waals surface area (Å²) in [7, 11) is 0. The monoisotopic (exact) mass is 277 g/mol. The Morgan fingerprint density at radius 2 is 1.80 bits per heavy atom. The van der Waals surface area contributed by atoms with Gasteiger partial charge in [0.15, 0.2) is 0 Å². The quantitative estimate of drug-likeness (QED) is 0.865. The second-order valence-electron chi connectivity index (χ2n) is 5.57. The molecule has 1 aromatic carbocycles. The molecule has 1 amide bonds. The fraction of sp³-hybridized carbons (Fsp3) is 0.533. The Morgan fingerprint density at radius 3 is 2.35 bits per heavy atom. The molecule has 110 valence electrons. The molecule has 0 spiro atoms. The minimum atomic E-state index is -0.424. The van der Waals surface area contributed by atoms with Gasteiger partial charge in [-0.25, -0.2) is 0 Å². The van der Waals surface area contributed by atoms with E-state index < -0.39 is 6.04 Å². The molecule has 5 heteroatoms. The summed E-state index contributed by atoms with van der Waals surface area (Å²) in [5, 5.41) is 9.86. The molecular weight excluding hydrogens is 254 g/mol. The van der Waals surface area contributed by atoms with Gasteiger partial charge in [0.25, 0.3) is 0 Å². The first-order valence-electron chi connectivity index (χ1n) is 7.08. The number of hydrogen-bond acceptors (Lipinski definition) is 4. The molecule has 1 saturated heterocycles. The van der Waals surface area contributed by atoms with E-state index in [1.807, 2.05) is 30.9 Å². The standard InChI is InChI=1S/C15H23N3O2/c1-11(2)14(16)15(20)18-9-7-17(8-10-18)12-5-3-4-6-13(12)19/h3-6,11,14,19H,7-10,16H2,1-2H3/t14-/m0/s1. The number of nitrogens with two attached hydrogens (primary N) is 1. The van der Waals surface area contributed by atoms with E-state index in [2.05, 4.69) is 4.90 Å². The molecule has 0 unspecified atom stereocenters. The van der Waals surface area contributed by atoms with Crippen LogP contribution in [-0.4, -0.2) is 48.1 Å². The zero-order valence-electron chi connectivity index (χ0n) is 12.1.